The molecule has 0 unspecified atom stereocenters. The summed E-state index contributed by atoms with van der Waals surface area (Å²) in [6.45, 7) is 3.59. The Morgan fingerprint density at radius 3 is 2.39 bits per heavy atom. The number of ether oxygens (including phenoxy) is 2. The van der Waals surface area contributed by atoms with Crippen molar-refractivity contribution in [3.63, 3.8) is 0 Å². The van der Waals surface area contributed by atoms with E-state index >= 15 is 0 Å². The zero-order valence-electron chi connectivity index (χ0n) is 15.6. The average molecular weight is 434 g/mol. The maximum Gasteiger partial charge on any atom is 0.183 e. The highest BCUT2D eigenvalue weighted by molar-refractivity contribution is 7.96. The Morgan fingerprint density at radius 1 is 1.14 bits per heavy atom. The number of rotatable bonds is 3. The fourth-order valence-corrected chi connectivity index (χ4v) is 9.30. The highest BCUT2D eigenvalue weighted by atomic mass is 32.2. The van der Waals surface area contributed by atoms with E-state index in [4.69, 9.17) is 9.47 Å². The van der Waals surface area contributed by atoms with Gasteiger partial charge in [-0.3, -0.25) is 4.90 Å². The van der Waals surface area contributed by atoms with E-state index in [0.29, 0.717) is 39.1 Å². The van der Waals surface area contributed by atoms with Gasteiger partial charge in [-0.05, 0) is 30.7 Å². The van der Waals surface area contributed by atoms with Crippen molar-refractivity contribution in [3.8, 4) is 0 Å². The van der Waals surface area contributed by atoms with Gasteiger partial charge in [-0.1, -0.05) is 0 Å². The third kappa shape index (κ3) is 3.60. The predicted octanol–water partition coefficient (Wildman–Crippen LogP) is 0.912. The number of aryl methyl sites for hydroxylation is 1. The topological polar surface area (TPSA) is 90.0 Å². The van der Waals surface area contributed by atoms with Crippen LogP contribution in [-0.2, 0) is 29.1 Å². The van der Waals surface area contributed by atoms with Gasteiger partial charge in [0.25, 0.3) is 0 Å². The van der Waals surface area contributed by atoms with E-state index in [0.717, 1.165) is 6.07 Å². The van der Waals surface area contributed by atoms with Gasteiger partial charge in [0.2, 0.25) is 0 Å². The summed E-state index contributed by atoms with van der Waals surface area (Å²) in [7, 11) is -7.41. The van der Waals surface area contributed by atoms with Crippen LogP contribution in [0.3, 0.4) is 0 Å². The van der Waals surface area contributed by atoms with Crippen LogP contribution in [0.4, 0.5) is 4.39 Å². The Bertz CT molecular complexity index is 962. The summed E-state index contributed by atoms with van der Waals surface area (Å²) in [5, 5.41) is -1.07. The third-order valence-corrected chi connectivity index (χ3v) is 10.1. The van der Waals surface area contributed by atoms with Gasteiger partial charge in [0, 0.05) is 32.0 Å². The van der Waals surface area contributed by atoms with Crippen molar-refractivity contribution in [2.45, 2.75) is 41.7 Å². The van der Waals surface area contributed by atoms with Crippen LogP contribution in [0.25, 0.3) is 0 Å². The second-order valence-electron chi connectivity index (χ2n) is 7.78. The molecule has 3 heterocycles. The van der Waals surface area contributed by atoms with Gasteiger partial charge < -0.3 is 9.47 Å². The lowest BCUT2D eigenvalue weighted by atomic mass is 10.0. The average Bonchev–Trinajstić information content (AvgIpc) is 3.22. The number of sulfone groups is 2. The normalized spacial score (nSPS) is 30.1. The van der Waals surface area contributed by atoms with Gasteiger partial charge in [0.1, 0.15) is 5.82 Å². The molecule has 1 aromatic carbocycles. The molecule has 1 aromatic rings. The summed E-state index contributed by atoms with van der Waals surface area (Å²) in [6, 6.07) is 2.97. The van der Waals surface area contributed by atoms with Crippen LogP contribution < -0.4 is 0 Å². The van der Waals surface area contributed by atoms with E-state index < -0.39 is 48.3 Å². The lowest BCUT2D eigenvalue weighted by Crippen LogP contribution is -2.53. The molecule has 0 saturated carbocycles. The number of hydrogen-bond donors (Lipinski definition) is 0. The van der Waals surface area contributed by atoms with Crippen LogP contribution in [-0.4, -0.2) is 76.6 Å². The number of halogens is 1. The van der Waals surface area contributed by atoms with E-state index in [1.165, 1.54) is 19.1 Å². The molecular formula is C18H24FNO6S2. The van der Waals surface area contributed by atoms with Gasteiger partial charge >= 0.3 is 0 Å². The van der Waals surface area contributed by atoms with Crippen molar-refractivity contribution in [1.29, 1.82) is 0 Å². The van der Waals surface area contributed by atoms with Crippen LogP contribution in [0, 0.1) is 12.7 Å². The van der Waals surface area contributed by atoms with Gasteiger partial charge in [0.05, 0.1) is 34.9 Å². The van der Waals surface area contributed by atoms with Crippen LogP contribution in [0.2, 0.25) is 0 Å². The molecule has 0 aromatic heterocycles. The smallest absolute Gasteiger partial charge is 0.183 e. The molecule has 3 aliphatic rings. The monoisotopic (exact) mass is 433 g/mol. The molecule has 28 heavy (non-hydrogen) atoms. The molecule has 0 aliphatic carbocycles. The quantitative estimate of drug-likeness (QED) is 0.655. The molecule has 3 fully saturated rings. The summed E-state index contributed by atoms with van der Waals surface area (Å²) in [4.78, 5) is 1.90. The summed E-state index contributed by atoms with van der Waals surface area (Å²) in [5.41, 5.74) is 0.217. The molecular weight excluding hydrogens is 409 g/mol. The van der Waals surface area contributed by atoms with Crippen LogP contribution in [0.5, 0.6) is 0 Å². The fourth-order valence-electron chi connectivity index (χ4n) is 4.38. The Kier molecular flexibility index (Phi) is 5.06. The van der Waals surface area contributed by atoms with Crippen molar-refractivity contribution >= 4 is 19.7 Å². The standard InChI is InChI=1S/C18H24FNO6S2/c1-13-10-14(2-3-15(13)19)28(23,24)17-12-27(21,22)11-16(17)20-6-4-18(5-7-20)25-8-9-26-18/h2-3,10,16-17H,4-9,11-12H2,1H3/t16-,17-/m0/s1. The second kappa shape index (κ2) is 7.02. The minimum Gasteiger partial charge on any atom is -0.347 e. The van der Waals surface area contributed by atoms with Gasteiger partial charge in [0.15, 0.2) is 25.5 Å². The van der Waals surface area contributed by atoms with E-state index in [-0.39, 0.29) is 16.2 Å². The molecule has 2 atom stereocenters. The first-order valence-corrected chi connectivity index (χ1v) is 12.7. The molecule has 1 spiro atoms. The van der Waals surface area contributed by atoms with E-state index in [9.17, 15) is 21.2 Å². The van der Waals surface area contributed by atoms with Crippen LogP contribution in [0.1, 0.15) is 18.4 Å². The van der Waals surface area contributed by atoms with E-state index in [1.54, 1.807) is 0 Å². The minimum atomic E-state index is -3.93. The Morgan fingerprint density at radius 2 is 1.79 bits per heavy atom. The molecule has 156 valence electrons. The molecule has 10 heteroatoms. The van der Waals surface area contributed by atoms with E-state index in [1.807, 2.05) is 4.90 Å². The van der Waals surface area contributed by atoms with Crippen molar-refractivity contribution in [3.05, 3.63) is 29.6 Å². The molecule has 0 amide bonds. The number of benzene rings is 1. The first-order chi connectivity index (χ1) is 13.1. The molecule has 4 rings (SSSR count). The maximum absolute atomic E-state index is 13.6. The lowest BCUT2D eigenvalue weighted by molar-refractivity contribution is -0.187. The molecule has 0 radical (unpaired) electrons. The number of piperidine rings is 1. The van der Waals surface area contributed by atoms with Crippen LogP contribution in [0.15, 0.2) is 23.1 Å². The Labute approximate surface area is 164 Å². The second-order valence-corrected chi connectivity index (χ2v) is 12.1. The van der Waals surface area contributed by atoms with Gasteiger partial charge in [-0.25, -0.2) is 21.2 Å². The zero-order chi connectivity index (χ0) is 20.2. The third-order valence-electron chi connectivity index (χ3n) is 5.97. The highest BCUT2D eigenvalue weighted by Crippen LogP contribution is 2.36. The largest absolute Gasteiger partial charge is 0.347 e. The predicted molar refractivity (Wildman–Crippen MR) is 100.0 cm³/mol. The van der Waals surface area contributed by atoms with Gasteiger partial charge in [-0.15, -0.1) is 0 Å². The molecule has 7 nitrogen and oxygen atoms in total. The lowest BCUT2D eigenvalue weighted by Gasteiger charge is -2.41. The number of nitrogens with zero attached hydrogens (tertiary/aromatic N) is 1. The molecule has 3 aliphatic heterocycles. The van der Waals surface area contributed by atoms with Crippen molar-refractivity contribution in [2.75, 3.05) is 37.8 Å². The number of hydrogen-bond acceptors (Lipinski definition) is 7. The molecule has 0 bridgehead atoms. The molecule has 0 N–H and O–H groups in total. The fraction of sp³-hybridized carbons (Fsp3) is 0.667. The summed E-state index contributed by atoms with van der Waals surface area (Å²) in [6.07, 6.45) is 1.15. The first kappa shape index (κ1) is 20.2. The maximum atomic E-state index is 13.6. The van der Waals surface area contributed by atoms with Crippen molar-refractivity contribution < 1.29 is 30.7 Å². The van der Waals surface area contributed by atoms with Crippen molar-refractivity contribution in [1.82, 2.24) is 4.90 Å². The first-order valence-electron chi connectivity index (χ1n) is 9.34. The minimum absolute atomic E-state index is 0.0329. The SMILES string of the molecule is Cc1cc(S(=O)(=O)[C@H]2CS(=O)(=O)C[C@@H]2N2CCC3(CC2)OCCO3)ccc1F. The van der Waals surface area contributed by atoms with Crippen LogP contribution >= 0.6 is 0 Å². The number of likely N-dealkylation sites (tertiary alicyclic amines) is 1. The molecule has 3 saturated heterocycles. The van der Waals surface area contributed by atoms with Crippen molar-refractivity contribution in [2.24, 2.45) is 0 Å². The summed E-state index contributed by atoms with van der Waals surface area (Å²) >= 11 is 0. The summed E-state index contributed by atoms with van der Waals surface area (Å²) in [5.74, 6) is -1.71. The Hall–Kier alpha value is -1.07. The highest BCUT2D eigenvalue weighted by Gasteiger charge is 2.50. The van der Waals surface area contributed by atoms with E-state index in [2.05, 4.69) is 0 Å². The zero-order valence-corrected chi connectivity index (χ0v) is 17.3. The summed E-state index contributed by atoms with van der Waals surface area (Å²) < 4.78 is 76.1. The Balaban J connectivity index is 1.60. The van der Waals surface area contributed by atoms with Gasteiger partial charge in [-0.2, -0.15) is 0 Å².